The Bertz CT molecular complexity index is 612. The van der Waals surface area contributed by atoms with Crippen LogP contribution in [0, 0.1) is 5.92 Å². The van der Waals surface area contributed by atoms with Crippen molar-refractivity contribution < 1.29 is 9.53 Å². The minimum Gasteiger partial charge on any atom is -0.457 e. The van der Waals surface area contributed by atoms with Gasteiger partial charge in [-0.05, 0) is 17.7 Å². The Kier molecular flexibility index (Phi) is 4.54. The van der Waals surface area contributed by atoms with Gasteiger partial charge >= 0.3 is 5.97 Å². The normalized spacial score (nSPS) is 21.7. The zero-order valence-electron chi connectivity index (χ0n) is 12.8. The maximum absolute atomic E-state index is 12.2. The van der Waals surface area contributed by atoms with Gasteiger partial charge in [-0.3, -0.25) is 4.90 Å². The predicted octanol–water partition coefficient (Wildman–Crippen LogP) is 3.36. The Morgan fingerprint density at radius 2 is 1.68 bits per heavy atom. The Hall–Kier alpha value is -2.13. The fourth-order valence-corrected chi connectivity index (χ4v) is 2.94. The Morgan fingerprint density at radius 1 is 1.05 bits per heavy atom. The van der Waals surface area contributed by atoms with Gasteiger partial charge in [-0.2, -0.15) is 0 Å². The van der Waals surface area contributed by atoms with Crippen LogP contribution in [0.3, 0.4) is 0 Å². The zero-order chi connectivity index (χ0) is 15.4. The third-order valence-electron chi connectivity index (χ3n) is 4.14. The van der Waals surface area contributed by atoms with Gasteiger partial charge in [0.25, 0.3) is 0 Å². The first kappa shape index (κ1) is 14.8. The highest BCUT2D eigenvalue weighted by molar-refractivity contribution is 5.89. The number of nitrogens with zero attached hydrogens (tertiary/aromatic N) is 1. The molecule has 114 valence electrons. The molecule has 1 fully saturated rings. The van der Waals surface area contributed by atoms with E-state index in [4.69, 9.17) is 4.74 Å². The van der Waals surface area contributed by atoms with Gasteiger partial charge in [-0.25, -0.2) is 4.79 Å². The highest BCUT2D eigenvalue weighted by Gasteiger charge is 2.32. The number of ether oxygens (including phenoxy) is 1. The molecule has 2 aromatic carbocycles. The lowest BCUT2D eigenvalue weighted by molar-refractivity contribution is 0.0247. The molecule has 1 saturated heterocycles. The minimum atomic E-state index is -0.223. The summed E-state index contributed by atoms with van der Waals surface area (Å²) in [7, 11) is 0. The minimum absolute atomic E-state index is 0.0311. The first-order valence-electron chi connectivity index (χ1n) is 7.74. The molecule has 1 aliphatic heterocycles. The maximum Gasteiger partial charge on any atom is 0.338 e. The third kappa shape index (κ3) is 3.55. The van der Waals surface area contributed by atoms with Gasteiger partial charge in [-0.15, -0.1) is 0 Å². The van der Waals surface area contributed by atoms with Crippen LogP contribution in [0.25, 0.3) is 0 Å². The highest BCUT2D eigenvalue weighted by Crippen LogP contribution is 2.22. The summed E-state index contributed by atoms with van der Waals surface area (Å²) in [4.78, 5) is 14.5. The number of benzene rings is 2. The van der Waals surface area contributed by atoms with Gasteiger partial charge in [-0.1, -0.05) is 55.5 Å². The van der Waals surface area contributed by atoms with E-state index in [-0.39, 0.29) is 12.1 Å². The van der Waals surface area contributed by atoms with Crippen LogP contribution in [-0.4, -0.2) is 30.1 Å². The van der Waals surface area contributed by atoms with Crippen LogP contribution < -0.4 is 0 Å². The van der Waals surface area contributed by atoms with E-state index in [1.54, 1.807) is 12.1 Å². The Balaban J connectivity index is 1.58. The van der Waals surface area contributed by atoms with Crippen molar-refractivity contribution in [2.75, 3.05) is 13.1 Å². The topological polar surface area (TPSA) is 29.5 Å². The summed E-state index contributed by atoms with van der Waals surface area (Å²) in [6.45, 7) is 4.81. The summed E-state index contributed by atoms with van der Waals surface area (Å²) in [6.07, 6.45) is -0.0311. The van der Waals surface area contributed by atoms with Gasteiger partial charge < -0.3 is 4.74 Å². The molecular weight excluding hydrogens is 274 g/mol. The standard InChI is InChI=1S/C19H21NO2/c1-15-12-20(13-16-8-4-2-5-9-16)14-18(15)22-19(21)17-10-6-3-7-11-17/h2-11,15,18H,12-14H2,1H3. The zero-order valence-corrected chi connectivity index (χ0v) is 12.8. The number of likely N-dealkylation sites (tertiary alicyclic amines) is 1. The average Bonchev–Trinajstić information content (AvgIpc) is 2.88. The van der Waals surface area contributed by atoms with Crippen molar-refractivity contribution in [2.45, 2.75) is 19.6 Å². The number of hydrogen-bond donors (Lipinski definition) is 0. The van der Waals surface area contributed by atoms with E-state index < -0.39 is 0 Å². The van der Waals surface area contributed by atoms with E-state index in [1.165, 1.54) is 5.56 Å². The summed E-state index contributed by atoms with van der Waals surface area (Å²) >= 11 is 0. The molecule has 1 heterocycles. The lowest BCUT2D eigenvalue weighted by Gasteiger charge is -2.16. The van der Waals surface area contributed by atoms with Crippen LogP contribution in [0.2, 0.25) is 0 Å². The van der Waals surface area contributed by atoms with Crippen molar-refractivity contribution in [3.8, 4) is 0 Å². The quantitative estimate of drug-likeness (QED) is 0.810. The van der Waals surface area contributed by atoms with E-state index in [0.717, 1.165) is 19.6 Å². The molecule has 3 nitrogen and oxygen atoms in total. The summed E-state index contributed by atoms with van der Waals surface area (Å²) < 4.78 is 5.70. The summed E-state index contributed by atoms with van der Waals surface area (Å²) in [5.41, 5.74) is 1.92. The van der Waals surface area contributed by atoms with Crippen molar-refractivity contribution in [3.63, 3.8) is 0 Å². The van der Waals surface area contributed by atoms with Gasteiger partial charge in [0.2, 0.25) is 0 Å². The molecule has 0 aromatic heterocycles. The van der Waals surface area contributed by atoms with Gasteiger partial charge in [0.05, 0.1) is 5.56 Å². The lowest BCUT2D eigenvalue weighted by Crippen LogP contribution is -2.26. The number of hydrogen-bond acceptors (Lipinski definition) is 3. The Morgan fingerprint density at radius 3 is 2.36 bits per heavy atom. The van der Waals surface area contributed by atoms with E-state index in [1.807, 2.05) is 24.3 Å². The molecular formula is C19H21NO2. The summed E-state index contributed by atoms with van der Waals surface area (Å²) in [5.74, 6) is 0.135. The van der Waals surface area contributed by atoms with Crippen LogP contribution in [0.5, 0.6) is 0 Å². The number of rotatable bonds is 4. The van der Waals surface area contributed by atoms with Crippen LogP contribution in [0.4, 0.5) is 0 Å². The monoisotopic (exact) mass is 295 g/mol. The first-order chi connectivity index (χ1) is 10.7. The molecule has 0 bridgehead atoms. The number of esters is 1. The number of carbonyl (C=O) groups excluding carboxylic acids is 1. The van der Waals surface area contributed by atoms with Crippen molar-refractivity contribution >= 4 is 5.97 Å². The maximum atomic E-state index is 12.2. The molecule has 2 unspecified atom stereocenters. The SMILES string of the molecule is CC1CN(Cc2ccccc2)CC1OC(=O)c1ccccc1. The highest BCUT2D eigenvalue weighted by atomic mass is 16.5. The third-order valence-corrected chi connectivity index (χ3v) is 4.14. The van der Waals surface area contributed by atoms with Crippen LogP contribution >= 0.6 is 0 Å². The molecule has 3 heteroatoms. The number of carbonyl (C=O) groups is 1. The van der Waals surface area contributed by atoms with E-state index in [0.29, 0.717) is 11.5 Å². The average molecular weight is 295 g/mol. The predicted molar refractivity (Wildman–Crippen MR) is 86.5 cm³/mol. The molecule has 1 aliphatic rings. The summed E-state index contributed by atoms with van der Waals surface area (Å²) in [6, 6.07) is 19.6. The van der Waals surface area contributed by atoms with Crippen LogP contribution in [0.15, 0.2) is 60.7 Å². The summed E-state index contributed by atoms with van der Waals surface area (Å²) in [5, 5.41) is 0. The van der Waals surface area contributed by atoms with Gasteiger partial charge in [0.1, 0.15) is 6.10 Å². The second kappa shape index (κ2) is 6.75. The first-order valence-corrected chi connectivity index (χ1v) is 7.74. The van der Waals surface area contributed by atoms with E-state index in [2.05, 4.69) is 36.1 Å². The van der Waals surface area contributed by atoms with Gasteiger partial charge in [0, 0.05) is 25.6 Å². The van der Waals surface area contributed by atoms with Crippen molar-refractivity contribution in [1.82, 2.24) is 4.90 Å². The smallest absolute Gasteiger partial charge is 0.338 e. The van der Waals surface area contributed by atoms with Crippen LogP contribution in [-0.2, 0) is 11.3 Å². The van der Waals surface area contributed by atoms with Crippen molar-refractivity contribution in [3.05, 3.63) is 71.8 Å². The molecule has 0 amide bonds. The second-order valence-electron chi connectivity index (χ2n) is 5.97. The van der Waals surface area contributed by atoms with Crippen LogP contribution in [0.1, 0.15) is 22.8 Å². The largest absolute Gasteiger partial charge is 0.457 e. The molecule has 0 saturated carbocycles. The fraction of sp³-hybridized carbons (Fsp3) is 0.316. The molecule has 0 spiro atoms. The Labute approximate surface area is 131 Å². The molecule has 22 heavy (non-hydrogen) atoms. The molecule has 2 atom stereocenters. The van der Waals surface area contributed by atoms with E-state index in [9.17, 15) is 4.79 Å². The van der Waals surface area contributed by atoms with Crippen molar-refractivity contribution in [1.29, 1.82) is 0 Å². The lowest BCUT2D eigenvalue weighted by atomic mass is 10.1. The molecule has 0 aliphatic carbocycles. The fourth-order valence-electron chi connectivity index (χ4n) is 2.94. The van der Waals surface area contributed by atoms with E-state index >= 15 is 0 Å². The molecule has 0 radical (unpaired) electrons. The van der Waals surface area contributed by atoms with Gasteiger partial charge in [0.15, 0.2) is 0 Å². The molecule has 2 aromatic rings. The van der Waals surface area contributed by atoms with Crippen molar-refractivity contribution in [2.24, 2.45) is 5.92 Å². The second-order valence-corrected chi connectivity index (χ2v) is 5.97. The molecule has 3 rings (SSSR count). The molecule has 0 N–H and O–H groups in total.